The molecule has 1 heterocycles. The van der Waals surface area contributed by atoms with Gasteiger partial charge < -0.3 is 11.1 Å². The minimum Gasteiger partial charge on any atom is -0.370 e. The van der Waals surface area contributed by atoms with Crippen molar-refractivity contribution in [2.24, 2.45) is 16.6 Å². The minimum absolute atomic E-state index is 0. The molecule has 0 aliphatic rings. The third kappa shape index (κ3) is 8.56. The zero-order valence-electron chi connectivity index (χ0n) is 14.1. The van der Waals surface area contributed by atoms with E-state index in [1.807, 2.05) is 12.3 Å². The number of unbranched alkanes of at least 4 members (excludes halogenated alkanes) is 3. The first-order valence-corrected chi connectivity index (χ1v) is 8.08. The average Bonchev–Trinajstić information content (AvgIpc) is 2.48. The maximum Gasteiger partial charge on any atom is 0.188 e. The lowest BCUT2D eigenvalue weighted by Gasteiger charge is -2.19. The van der Waals surface area contributed by atoms with Gasteiger partial charge >= 0.3 is 0 Å². The number of pyridine rings is 1. The molecule has 22 heavy (non-hydrogen) atoms. The van der Waals surface area contributed by atoms with Crippen molar-refractivity contribution >= 4 is 29.9 Å². The van der Waals surface area contributed by atoms with Gasteiger partial charge in [-0.1, -0.05) is 46.1 Å². The average molecular weight is 418 g/mol. The van der Waals surface area contributed by atoms with Crippen molar-refractivity contribution in [2.45, 2.75) is 52.4 Å². The van der Waals surface area contributed by atoms with E-state index in [0.29, 0.717) is 24.3 Å². The molecule has 3 N–H and O–H groups in total. The molecule has 1 atom stereocenters. The first-order valence-electron chi connectivity index (χ1n) is 8.08. The van der Waals surface area contributed by atoms with Gasteiger partial charge in [0.2, 0.25) is 0 Å². The van der Waals surface area contributed by atoms with E-state index in [2.05, 4.69) is 42.1 Å². The highest BCUT2D eigenvalue weighted by molar-refractivity contribution is 14.0. The van der Waals surface area contributed by atoms with Gasteiger partial charge in [-0.15, -0.1) is 24.0 Å². The number of hydrogen-bond acceptors (Lipinski definition) is 2. The van der Waals surface area contributed by atoms with E-state index < -0.39 is 0 Å². The highest BCUT2D eigenvalue weighted by atomic mass is 127. The summed E-state index contributed by atoms with van der Waals surface area (Å²) < 4.78 is 0. The second-order valence-electron chi connectivity index (χ2n) is 5.85. The number of nitrogens with zero attached hydrogens (tertiary/aromatic N) is 2. The van der Waals surface area contributed by atoms with E-state index in [-0.39, 0.29) is 24.0 Å². The largest absolute Gasteiger partial charge is 0.370 e. The molecule has 0 saturated heterocycles. The quantitative estimate of drug-likeness (QED) is 0.277. The Morgan fingerprint density at radius 1 is 1.32 bits per heavy atom. The summed E-state index contributed by atoms with van der Waals surface area (Å²) in [6.45, 7) is 8.25. The van der Waals surface area contributed by atoms with Crippen molar-refractivity contribution in [3.05, 3.63) is 30.1 Å². The van der Waals surface area contributed by atoms with E-state index in [4.69, 9.17) is 5.73 Å². The van der Waals surface area contributed by atoms with Gasteiger partial charge in [0.25, 0.3) is 0 Å². The van der Waals surface area contributed by atoms with Gasteiger partial charge in [0.05, 0.1) is 0 Å². The van der Waals surface area contributed by atoms with Crippen LogP contribution in [0.1, 0.15) is 57.9 Å². The second-order valence-corrected chi connectivity index (χ2v) is 5.85. The van der Waals surface area contributed by atoms with Crippen molar-refractivity contribution in [1.82, 2.24) is 10.3 Å². The molecule has 0 fully saturated rings. The summed E-state index contributed by atoms with van der Waals surface area (Å²) in [5.74, 6) is 1.43. The van der Waals surface area contributed by atoms with E-state index in [9.17, 15) is 0 Å². The Labute approximate surface area is 152 Å². The molecular weight excluding hydrogens is 387 g/mol. The van der Waals surface area contributed by atoms with Gasteiger partial charge in [0.15, 0.2) is 5.96 Å². The summed E-state index contributed by atoms with van der Waals surface area (Å²) in [7, 11) is 0. The van der Waals surface area contributed by atoms with Crippen LogP contribution >= 0.6 is 24.0 Å². The molecule has 1 aromatic heterocycles. The first-order chi connectivity index (χ1) is 10.1. The number of nitrogens with two attached hydrogens (primary N) is 1. The second kappa shape index (κ2) is 12.7. The molecule has 5 heteroatoms. The van der Waals surface area contributed by atoms with Crippen molar-refractivity contribution in [3.63, 3.8) is 0 Å². The van der Waals surface area contributed by atoms with Gasteiger partial charge in [0, 0.05) is 31.4 Å². The van der Waals surface area contributed by atoms with E-state index in [0.717, 1.165) is 13.0 Å². The van der Waals surface area contributed by atoms with E-state index in [1.165, 1.54) is 24.8 Å². The summed E-state index contributed by atoms with van der Waals surface area (Å²) >= 11 is 0. The van der Waals surface area contributed by atoms with Crippen LogP contribution in [0, 0.1) is 5.92 Å². The lowest BCUT2D eigenvalue weighted by Crippen LogP contribution is -2.33. The molecule has 0 spiro atoms. The molecule has 0 aliphatic heterocycles. The summed E-state index contributed by atoms with van der Waals surface area (Å²) in [5, 5.41) is 3.20. The van der Waals surface area contributed by atoms with Crippen LogP contribution in [0.3, 0.4) is 0 Å². The van der Waals surface area contributed by atoms with E-state index >= 15 is 0 Å². The summed E-state index contributed by atoms with van der Waals surface area (Å²) in [5.41, 5.74) is 7.17. The number of halogens is 1. The molecule has 4 nitrogen and oxygen atoms in total. The minimum atomic E-state index is 0. The Kier molecular flexibility index (Phi) is 12.2. The maximum absolute atomic E-state index is 5.94. The monoisotopic (exact) mass is 418 g/mol. The van der Waals surface area contributed by atoms with Crippen molar-refractivity contribution in [3.8, 4) is 0 Å². The summed E-state index contributed by atoms with van der Waals surface area (Å²) in [6, 6.07) is 4.09. The topological polar surface area (TPSA) is 63.3 Å². The van der Waals surface area contributed by atoms with Crippen LogP contribution in [-0.2, 0) is 0 Å². The van der Waals surface area contributed by atoms with Crippen molar-refractivity contribution in [2.75, 3.05) is 13.1 Å². The van der Waals surface area contributed by atoms with Crippen molar-refractivity contribution in [1.29, 1.82) is 0 Å². The Hall–Kier alpha value is -0.850. The predicted molar refractivity (Wildman–Crippen MR) is 106 cm³/mol. The molecule has 0 aromatic carbocycles. The Morgan fingerprint density at radius 2 is 2.09 bits per heavy atom. The molecule has 1 rings (SSSR count). The first kappa shape index (κ1) is 21.1. The van der Waals surface area contributed by atoms with Gasteiger partial charge in [0.1, 0.15) is 0 Å². The number of nitrogens with one attached hydrogen (secondary N) is 1. The standard InChI is InChI=1S/C17H30N4.HI/c1-4-5-6-7-11-20-17(18)21-13-16(14(2)3)15-9-8-10-19-12-15;/h8-10,12,14,16H,4-7,11,13H2,1-3H3,(H3,18,20,21);1H. The molecule has 0 bridgehead atoms. The Bertz CT molecular complexity index is 406. The fourth-order valence-electron chi connectivity index (χ4n) is 2.32. The smallest absolute Gasteiger partial charge is 0.188 e. The van der Waals surface area contributed by atoms with Crippen molar-refractivity contribution < 1.29 is 0 Å². The molecule has 0 radical (unpaired) electrons. The third-order valence-electron chi connectivity index (χ3n) is 3.71. The molecule has 0 aliphatic carbocycles. The van der Waals surface area contributed by atoms with Gasteiger partial charge in [-0.2, -0.15) is 0 Å². The zero-order chi connectivity index (χ0) is 15.5. The van der Waals surface area contributed by atoms with Gasteiger partial charge in [-0.05, 0) is 24.0 Å². The van der Waals surface area contributed by atoms with Crippen LogP contribution < -0.4 is 11.1 Å². The summed E-state index contributed by atoms with van der Waals surface area (Å²) in [6.07, 6.45) is 8.67. The normalized spacial score (nSPS) is 12.8. The number of rotatable bonds is 9. The predicted octanol–water partition coefficient (Wildman–Crippen LogP) is 3.92. The fraction of sp³-hybridized carbons (Fsp3) is 0.647. The van der Waals surface area contributed by atoms with Crippen LogP contribution in [-0.4, -0.2) is 24.0 Å². The molecule has 1 unspecified atom stereocenters. The maximum atomic E-state index is 5.94. The lowest BCUT2D eigenvalue weighted by atomic mass is 9.89. The van der Waals surface area contributed by atoms with Gasteiger partial charge in [-0.25, -0.2) is 0 Å². The van der Waals surface area contributed by atoms with Crippen LogP contribution in [0.15, 0.2) is 29.5 Å². The SMILES string of the molecule is CCCCCCNC(N)=NCC(c1cccnc1)C(C)C.I. The Balaban J connectivity index is 0.00000441. The zero-order valence-corrected chi connectivity index (χ0v) is 16.4. The molecule has 126 valence electrons. The molecule has 1 aromatic rings. The fourth-order valence-corrected chi connectivity index (χ4v) is 2.32. The van der Waals surface area contributed by atoms with Crippen LogP contribution in [0.25, 0.3) is 0 Å². The third-order valence-corrected chi connectivity index (χ3v) is 3.71. The molecule has 0 saturated carbocycles. The van der Waals surface area contributed by atoms with Crippen LogP contribution in [0.2, 0.25) is 0 Å². The molecular formula is C17H31IN4. The number of aromatic nitrogens is 1. The summed E-state index contributed by atoms with van der Waals surface area (Å²) in [4.78, 5) is 8.69. The van der Waals surface area contributed by atoms with E-state index in [1.54, 1.807) is 6.20 Å². The van der Waals surface area contributed by atoms with Crippen LogP contribution in [0.5, 0.6) is 0 Å². The number of hydrogen-bond donors (Lipinski definition) is 2. The highest BCUT2D eigenvalue weighted by Crippen LogP contribution is 2.23. The molecule has 0 amide bonds. The number of guanidine groups is 1. The lowest BCUT2D eigenvalue weighted by molar-refractivity contribution is 0.505. The highest BCUT2D eigenvalue weighted by Gasteiger charge is 2.15. The van der Waals surface area contributed by atoms with Gasteiger partial charge in [-0.3, -0.25) is 9.98 Å². The number of aliphatic imine (C=N–C) groups is 1. The van der Waals surface area contributed by atoms with Crippen LogP contribution in [0.4, 0.5) is 0 Å². The Morgan fingerprint density at radius 3 is 2.68 bits per heavy atom.